The molecule has 3 aromatic carbocycles. The molecule has 190 valence electrons. The molecule has 2 saturated heterocycles. The number of benzene rings is 3. The van der Waals surface area contributed by atoms with E-state index in [1.165, 1.54) is 4.90 Å². The largest absolute Gasteiger partial charge is 0.490 e. The molecule has 2 fully saturated rings. The van der Waals surface area contributed by atoms with Crippen LogP contribution >= 0.6 is 0 Å². The van der Waals surface area contributed by atoms with Crippen LogP contribution in [0.4, 0.5) is 4.79 Å². The zero-order chi connectivity index (χ0) is 25.2. The quantitative estimate of drug-likeness (QED) is 0.503. The van der Waals surface area contributed by atoms with Crippen molar-refractivity contribution in [2.75, 3.05) is 26.4 Å². The molecule has 1 N–H and O–H groups in total. The normalized spacial score (nSPS) is 23.7. The number of likely N-dealkylation sites (tertiary alicyclic amines) is 1. The Labute approximate surface area is 217 Å². The highest BCUT2D eigenvalue weighted by atomic mass is 16.5. The summed E-state index contributed by atoms with van der Waals surface area (Å²) in [5.74, 6) is 1.33. The van der Waals surface area contributed by atoms with E-state index in [2.05, 4.69) is 22.3 Å². The van der Waals surface area contributed by atoms with Crippen molar-refractivity contribution < 1.29 is 19.1 Å². The van der Waals surface area contributed by atoms with E-state index in [9.17, 15) is 9.59 Å². The van der Waals surface area contributed by atoms with Crippen LogP contribution in [0.2, 0.25) is 0 Å². The average molecular weight is 498 g/mol. The van der Waals surface area contributed by atoms with Crippen LogP contribution in [0.3, 0.4) is 0 Å². The molecule has 3 amide bonds. The van der Waals surface area contributed by atoms with Crippen LogP contribution in [0.25, 0.3) is 0 Å². The summed E-state index contributed by atoms with van der Waals surface area (Å²) in [4.78, 5) is 31.0. The predicted octanol–water partition coefficient (Wildman–Crippen LogP) is 4.63. The van der Waals surface area contributed by atoms with Gasteiger partial charge >= 0.3 is 6.03 Å². The van der Waals surface area contributed by atoms with Gasteiger partial charge in [-0.25, -0.2) is 9.69 Å². The lowest BCUT2D eigenvalue weighted by Gasteiger charge is -2.30. The van der Waals surface area contributed by atoms with Crippen LogP contribution < -0.4 is 14.8 Å². The van der Waals surface area contributed by atoms with Gasteiger partial charge in [0.05, 0.1) is 19.9 Å². The molecule has 3 aliphatic heterocycles. The first-order chi connectivity index (χ1) is 18.1. The van der Waals surface area contributed by atoms with Crippen molar-refractivity contribution in [1.29, 1.82) is 0 Å². The Morgan fingerprint density at radius 1 is 0.865 bits per heavy atom. The van der Waals surface area contributed by atoms with Gasteiger partial charge in [-0.05, 0) is 41.7 Å². The molecular formula is C30H31N3O4. The number of nitrogens with zero attached hydrogens (tertiary/aromatic N) is 2. The Hall–Kier alpha value is -3.84. The summed E-state index contributed by atoms with van der Waals surface area (Å²) < 4.78 is 11.7. The number of fused-ring (bicyclic) bond motifs is 1. The van der Waals surface area contributed by atoms with E-state index in [4.69, 9.17) is 9.47 Å². The van der Waals surface area contributed by atoms with E-state index in [1.54, 1.807) is 0 Å². The molecule has 0 unspecified atom stereocenters. The molecule has 0 radical (unpaired) electrons. The third-order valence-corrected chi connectivity index (χ3v) is 7.60. The molecule has 0 saturated carbocycles. The Balaban J connectivity index is 1.27. The maximum Gasteiger partial charge on any atom is 0.326 e. The molecule has 0 aromatic heterocycles. The van der Waals surface area contributed by atoms with Crippen LogP contribution in [0.15, 0.2) is 78.9 Å². The molecule has 3 aromatic rings. The number of hydrogen-bond acceptors (Lipinski definition) is 5. The SMILES string of the molecule is O=C1N[C@@](Cc2ccccc2)(c2ccccc2)C(=O)N1CN1CCC[C@@H]1c1ccc2c(c1)OCCCO2. The van der Waals surface area contributed by atoms with Crippen molar-refractivity contribution in [3.63, 3.8) is 0 Å². The van der Waals surface area contributed by atoms with E-state index in [0.717, 1.165) is 54.0 Å². The standard InChI is InChI=1S/C30H31N3O4/c34-28-30(24-11-5-2-6-12-24,20-22-9-3-1-4-10-22)31-29(35)33(28)21-32-16-7-13-25(32)23-14-15-26-27(19-23)37-18-8-17-36-26/h1-6,9-12,14-15,19,25H,7-8,13,16-18,20-21H2,(H,31,35)/t25-,30+/m1/s1. The lowest BCUT2D eigenvalue weighted by molar-refractivity contribution is -0.133. The second-order valence-electron chi connectivity index (χ2n) is 9.97. The number of carbonyl (C=O) groups is 2. The second kappa shape index (κ2) is 9.90. The molecule has 3 heterocycles. The molecule has 2 atom stereocenters. The van der Waals surface area contributed by atoms with Crippen molar-refractivity contribution in [2.24, 2.45) is 0 Å². The van der Waals surface area contributed by atoms with Gasteiger partial charge in [0, 0.05) is 25.4 Å². The maximum atomic E-state index is 14.1. The molecule has 0 aliphatic carbocycles. The Bertz CT molecular complexity index is 1280. The van der Waals surface area contributed by atoms with Crippen LogP contribution in [-0.4, -0.2) is 48.2 Å². The monoisotopic (exact) mass is 497 g/mol. The molecule has 0 spiro atoms. The average Bonchev–Trinajstić information content (AvgIpc) is 3.39. The highest BCUT2D eigenvalue weighted by Gasteiger charge is 2.53. The van der Waals surface area contributed by atoms with Crippen LogP contribution in [0, 0.1) is 0 Å². The highest BCUT2D eigenvalue weighted by Crippen LogP contribution is 2.39. The van der Waals surface area contributed by atoms with Gasteiger partial charge in [-0.15, -0.1) is 0 Å². The summed E-state index contributed by atoms with van der Waals surface area (Å²) in [6, 6.07) is 25.3. The van der Waals surface area contributed by atoms with Gasteiger partial charge in [-0.3, -0.25) is 9.69 Å². The molecule has 37 heavy (non-hydrogen) atoms. The number of amides is 3. The van der Waals surface area contributed by atoms with E-state index in [-0.39, 0.29) is 24.6 Å². The molecular weight excluding hydrogens is 466 g/mol. The topological polar surface area (TPSA) is 71.1 Å². The number of ether oxygens (including phenoxy) is 2. The highest BCUT2D eigenvalue weighted by molar-refractivity contribution is 6.07. The summed E-state index contributed by atoms with van der Waals surface area (Å²) >= 11 is 0. The van der Waals surface area contributed by atoms with Gasteiger partial charge in [0.25, 0.3) is 5.91 Å². The zero-order valence-electron chi connectivity index (χ0n) is 20.8. The minimum Gasteiger partial charge on any atom is -0.490 e. The summed E-state index contributed by atoms with van der Waals surface area (Å²) in [5.41, 5.74) is 1.77. The molecule has 3 aliphatic rings. The van der Waals surface area contributed by atoms with Crippen LogP contribution in [0.5, 0.6) is 11.5 Å². The summed E-state index contributed by atoms with van der Waals surface area (Å²) in [7, 11) is 0. The first-order valence-electron chi connectivity index (χ1n) is 13.0. The zero-order valence-corrected chi connectivity index (χ0v) is 20.8. The van der Waals surface area contributed by atoms with Gasteiger partial charge < -0.3 is 14.8 Å². The Morgan fingerprint density at radius 3 is 2.38 bits per heavy atom. The maximum absolute atomic E-state index is 14.1. The van der Waals surface area contributed by atoms with E-state index in [1.807, 2.05) is 66.7 Å². The van der Waals surface area contributed by atoms with E-state index in [0.29, 0.717) is 19.6 Å². The number of hydrogen-bond donors (Lipinski definition) is 1. The van der Waals surface area contributed by atoms with E-state index >= 15 is 0 Å². The number of rotatable bonds is 6. The number of carbonyl (C=O) groups excluding carboxylic acids is 2. The number of urea groups is 1. The smallest absolute Gasteiger partial charge is 0.326 e. The third kappa shape index (κ3) is 4.44. The lowest BCUT2D eigenvalue weighted by atomic mass is 9.83. The van der Waals surface area contributed by atoms with Gasteiger partial charge in [0.1, 0.15) is 0 Å². The third-order valence-electron chi connectivity index (χ3n) is 7.60. The molecule has 7 heteroatoms. The Kier molecular flexibility index (Phi) is 6.30. The predicted molar refractivity (Wildman–Crippen MR) is 139 cm³/mol. The summed E-state index contributed by atoms with van der Waals surface area (Å²) in [6.45, 7) is 2.34. The molecule has 0 bridgehead atoms. The molecule has 6 rings (SSSR count). The molecule has 7 nitrogen and oxygen atoms in total. The van der Waals surface area contributed by atoms with Crippen molar-refractivity contribution in [3.8, 4) is 11.5 Å². The lowest BCUT2D eigenvalue weighted by Crippen LogP contribution is -2.47. The fourth-order valence-electron chi connectivity index (χ4n) is 5.74. The van der Waals surface area contributed by atoms with Crippen molar-refractivity contribution in [3.05, 3.63) is 95.6 Å². The minimum absolute atomic E-state index is 0.0959. The first-order valence-corrected chi connectivity index (χ1v) is 13.0. The first kappa shape index (κ1) is 23.6. The van der Waals surface area contributed by atoms with E-state index < -0.39 is 5.54 Å². The summed E-state index contributed by atoms with van der Waals surface area (Å²) in [6.07, 6.45) is 3.20. The Morgan fingerprint density at radius 2 is 1.59 bits per heavy atom. The van der Waals surface area contributed by atoms with Crippen molar-refractivity contribution in [2.45, 2.75) is 37.3 Å². The van der Waals surface area contributed by atoms with Crippen LogP contribution in [-0.2, 0) is 16.8 Å². The van der Waals surface area contributed by atoms with Gasteiger partial charge in [-0.1, -0.05) is 66.7 Å². The van der Waals surface area contributed by atoms with Gasteiger partial charge in [0.15, 0.2) is 17.0 Å². The van der Waals surface area contributed by atoms with Gasteiger partial charge in [0.2, 0.25) is 0 Å². The van der Waals surface area contributed by atoms with Gasteiger partial charge in [-0.2, -0.15) is 0 Å². The number of imide groups is 1. The van der Waals surface area contributed by atoms with Crippen LogP contribution in [0.1, 0.15) is 42.0 Å². The van der Waals surface area contributed by atoms with Crippen molar-refractivity contribution >= 4 is 11.9 Å². The summed E-state index contributed by atoms with van der Waals surface area (Å²) in [5, 5.41) is 3.08. The second-order valence-corrected chi connectivity index (χ2v) is 9.97. The fourth-order valence-corrected chi connectivity index (χ4v) is 5.74. The number of nitrogens with one attached hydrogen (secondary N) is 1. The fraction of sp³-hybridized carbons (Fsp3) is 0.333. The minimum atomic E-state index is -1.13. The van der Waals surface area contributed by atoms with Crippen molar-refractivity contribution in [1.82, 2.24) is 15.1 Å².